The lowest BCUT2D eigenvalue weighted by Crippen LogP contribution is -2.30. The van der Waals surface area contributed by atoms with Crippen LogP contribution in [-0.4, -0.2) is 32.0 Å². The molecule has 0 aliphatic heterocycles. The van der Waals surface area contributed by atoms with Crippen LogP contribution in [0.15, 0.2) is 33.0 Å². The lowest BCUT2D eigenvalue weighted by molar-refractivity contribution is -0.192. The van der Waals surface area contributed by atoms with E-state index in [-0.39, 0.29) is 5.43 Å². The molecule has 0 atom stereocenters. The van der Waals surface area contributed by atoms with E-state index in [1.54, 1.807) is 12.3 Å². The zero-order valence-electron chi connectivity index (χ0n) is 14.1. The third-order valence-electron chi connectivity index (χ3n) is 3.18. The Morgan fingerprint density at radius 3 is 2.52 bits per heavy atom. The summed E-state index contributed by atoms with van der Waals surface area (Å²) in [5, 5.41) is 12.9. The molecule has 0 saturated carbocycles. The first-order valence-electron chi connectivity index (χ1n) is 7.38. The van der Waals surface area contributed by atoms with E-state index in [0.29, 0.717) is 18.3 Å². The van der Waals surface area contributed by atoms with Crippen molar-refractivity contribution >= 4 is 27.5 Å². The Kier molecular flexibility index (Phi) is 5.70. The van der Waals surface area contributed by atoms with Gasteiger partial charge in [-0.25, -0.2) is 4.79 Å². The van der Waals surface area contributed by atoms with E-state index in [4.69, 9.17) is 20.2 Å². The minimum atomic E-state index is -5.08. The first-order chi connectivity index (χ1) is 12.4. The molecule has 0 amide bonds. The van der Waals surface area contributed by atoms with Crippen LogP contribution in [-0.2, 0) is 16.9 Å². The summed E-state index contributed by atoms with van der Waals surface area (Å²) in [7, 11) is 0. The SMILES string of the molecule is CC(C)(N)c1noc(Cn2ccc(=O)c3sccc32)n1.O=C(O)C(F)(F)F. The average Bonchev–Trinajstić information content (AvgIpc) is 3.19. The van der Waals surface area contributed by atoms with Crippen LogP contribution in [0, 0.1) is 0 Å². The molecule has 27 heavy (non-hydrogen) atoms. The zero-order valence-corrected chi connectivity index (χ0v) is 15.0. The topological polar surface area (TPSA) is 124 Å². The van der Waals surface area contributed by atoms with Crippen molar-refractivity contribution in [1.82, 2.24) is 14.7 Å². The normalized spacial score (nSPS) is 11.9. The van der Waals surface area contributed by atoms with Gasteiger partial charge < -0.3 is 19.9 Å². The monoisotopic (exact) mass is 404 g/mol. The van der Waals surface area contributed by atoms with E-state index in [0.717, 1.165) is 10.2 Å². The molecule has 0 fully saturated rings. The number of hydrogen-bond donors (Lipinski definition) is 2. The van der Waals surface area contributed by atoms with Crippen LogP contribution in [0.3, 0.4) is 0 Å². The third kappa shape index (κ3) is 5.14. The summed E-state index contributed by atoms with van der Waals surface area (Å²) in [5.74, 6) is -1.82. The van der Waals surface area contributed by atoms with Crippen LogP contribution >= 0.6 is 11.3 Å². The summed E-state index contributed by atoms with van der Waals surface area (Å²) < 4.78 is 39.6. The van der Waals surface area contributed by atoms with Gasteiger partial charge in [0.25, 0.3) is 0 Å². The highest BCUT2D eigenvalue weighted by Crippen LogP contribution is 2.18. The van der Waals surface area contributed by atoms with Gasteiger partial charge in [-0.2, -0.15) is 18.2 Å². The molecule has 3 aromatic heterocycles. The highest BCUT2D eigenvalue weighted by Gasteiger charge is 2.38. The number of aliphatic carboxylic acids is 1. The highest BCUT2D eigenvalue weighted by atomic mass is 32.1. The number of carbonyl (C=O) groups is 1. The fourth-order valence-electron chi connectivity index (χ4n) is 1.89. The molecule has 0 saturated heterocycles. The molecule has 12 heteroatoms. The third-order valence-corrected chi connectivity index (χ3v) is 4.09. The van der Waals surface area contributed by atoms with Gasteiger partial charge in [0.2, 0.25) is 5.89 Å². The number of aromatic nitrogens is 3. The Labute approximate surface area is 154 Å². The van der Waals surface area contributed by atoms with Crippen LogP contribution in [0.25, 0.3) is 10.2 Å². The molecular formula is C15H15F3N4O4S. The highest BCUT2D eigenvalue weighted by molar-refractivity contribution is 7.17. The van der Waals surface area contributed by atoms with Gasteiger partial charge in [-0.1, -0.05) is 5.16 Å². The number of halogens is 3. The van der Waals surface area contributed by atoms with E-state index in [9.17, 15) is 18.0 Å². The van der Waals surface area contributed by atoms with Crippen LogP contribution < -0.4 is 11.2 Å². The van der Waals surface area contributed by atoms with Crippen molar-refractivity contribution in [2.75, 3.05) is 0 Å². The average molecular weight is 404 g/mol. The number of hydrogen-bond acceptors (Lipinski definition) is 7. The molecule has 0 aliphatic rings. The van der Waals surface area contributed by atoms with Gasteiger partial charge in [0.05, 0.1) is 15.8 Å². The molecule has 0 bridgehead atoms. The van der Waals surface area contributed by atoms with E-state index >= 15 is 0 Å². The summed E-state index contributed by atoms with van der Waals surface area (Å²) in [6.45, 7) is 4.05. The van der Waals surface area contributed by atoms with Gasteiger partial charge in [0.15, 0.2) is 11.3 Å². The minimum Gasteiger partial charge on any atom is -0.475 e. The van der Waals surface area contributed by atoms with Gasteiger partial charge in [0.1, 0.15) is 6.54 Å². The van der Waals surface area contributed by atoms with E-state index in [1.165, 1.54) is 11.3 Å². The van der Waals surface area contributed by atoms with Gasteiger partial charge in [-0.15, -0.1) is 11.3 Å². The molecular weight excluding hydrogens is 389 g/mol. The van der Waals surface area contributed by atoms with E-state index < -0.39 is 17.7 Å². The fourth-order valence-corrected chi connectivity index (χ4v) is 2.71. The number of carboxylic acid groups (broad SMARTS) is 1. The zero-order chi connectivity index (χ0) is 20.4. The number of thiophene rings is 1. The number of alkyl halides is 3. The molecule has 0 aliphatic carbocycles. The molecule has 3 rings (SSSR count). The Balaban J connectivity index is 0.000000321. The Bertz CT molecular complexity index is 1000. The molecule has 0 unspecified atom stereocenters. The van der Waals surface area contributed by atoms with Gasteiger partial charge >= 0.3 is 12.1 Å². The molecule has 3 aromatic rings. The first kappa shape index (κ1) is 20.6. The quantitative estimate of drug-likeness (QED) is 0.686. The second-order valence-corrected chi connectivity index (χ2v) is 6.90. The second-order valence-electron chi connectivity index (χ2n) is 5.98. The number of fused-ring (bicyclic) bond motifs is 1. The van der Waals surface area contributed by atoms with Crippen LogP contribution in [0.1, 0.15) is 25.6 Å². The number of carboxylic acids is 1. The predicted molar refractivity (Wildman–Crippen MR) is 90.4 cm³/mol. The molecule has 3 N–H and O–H groups in total. The van der Waals surface area contributed by atoms with E-state index in [1.807, 2.05) is 29.9 Å². The van der Waals surface area contributed by atoms with Crippen molar-refractivity contribution in [1.29, 1.82) is 0 Å². The largest absolute Gasteiger partial charge is 0.490 e. The van der Waals surface area contributed by atoms with Crippen LogP contribution in [0.4, 0.5) is 13.2 Å². The Morgan fingerprint density at radius 2 is 2.00 bits per heavy atom. The Hall–Kier alpha value is -2.73. The van der Waals surface area contributed by atoms with Crippen LogP contribution in [0.5, 0.6) is 0 Å². The van der Waals surface area contributed by atoms with Gasteiger partial charge in [-0.3, -0.25) is 4.79 Å². The first-order valence-corrected chi connectivity index (χ1v) is 8.26. The summed E-state index contributed by atoms with van der Waals surface area (Å²) in [6, 6.07) is 3.45. The minimum absolute atomic E-state index is 0.0283. The van der Waals surface area contributed by atoms with Crippen molar-refractivity contribution < 1.29 is 27.6 Å². The lowest BCUT2D eigenvalue weighted by Gasteiger charge is -2.11. The van der Waals surface area contributed by atoms with Crippen molar-refractivity contribution in [2.45, 2.75) is 32.1 Å². The number of nitrogens with two attached hydrogens (primary N) is 1. The van der Waals surface area contributed by atoms with Crippen molar-refractivity contribution in [3.05, 3.63) is 45.6 Å². The summed E-state index contributed by atoms with van der Waals surface area (Å²) in [5.41, 5.74) is 6.19. The van der Waals surface area contributed by atoms with E-state index in [2.05, 4.69) is 10.1 Å². The maximum absolute atomic E-state index is 11.7. The summed E-state index contributed by atoms with van der Waals surface area (Å²) >= 11 is 1.43. The number of pyridine rings is 1. The molecule has 8 nitrogen and oxygen atoms in total. The van der Waals surface area contributed by atoms with Crippen molar-refractivity contribution in [3.63, 3.8) is 0 Å². The lowest BCUT2D eigenvalue weighted by atomic mass is 10.1. The summed E-state index contributed by atoms with van der Waals surface area (Å²) in [4.78, 5) is 24.9. The Morgan fingerprint density at radius 1 is 1.37 bits per heavy atom. The fraction of sp³-hybridized carbons (Fsp3) is 0.333. The maximum atomic E-state index is 11.7. The van der Waals surface area contributed by atoms with Gasteiger partial charge in [-0.05, 0) is 25.3 Å². The number of rotatable bonds is 3. The molecule has 0 spiro atoms. The molecule has 0 aromatic carbocycles. The maximum Gasteiger partial charge on any atom is 0.490 e. The molecule has 3 heterocycles. The second kappa shape index (κ2) is 7.48. The predicted octanol–water partition coefficient (Wildman–Crippen LogP) is 2.32. The van der Waals surface area contributed by atoms with Crippen molar-refractivity contribution in [2.24, 2.45) is 5.73 Å². The van der Waals surface area contributed by atoms with Crippen molar-refractivity contribution in [3.8, 4) is 0 Å². The molecule has 0 radical (unpaired) electrons. The van der Waals surface area contributed by atoms with Crippen LogP contribution in [0.2, 0.25) is 0 Å². The molecule has 146 valence electrons. The standard InChI is InChI=1S/C13H14N4O2S.C2HF3O2/c1-13(2,14)12-15-10(19-16-12)7-17-5-3-9(18)11-8(17)4-6-20-11;3-2(4,5)1(6)7/h3-6H,7,14H2,1-2H3;(H,6,7). The number of nitrogens with zero attached hydrogens (tertiary/aromatic N) is 3. The smallest absolute Gasteiger partial charge is 0.475 e. The van der Waals surface area contributed by atoms with Gasteiger partial charge in [0, 0.05) is 12.3 Å². The summed E-state index contributed by atoms with van der Waals surface area (Å²) in [6.07, 6.45) is -3.35.